The number of anilines is 1. The van der Waals surface area contributed by atoms with E-state index in [4.69, 9.17) is 11.6 Å². The largest absolute Gasteiger partial charge is 0.324 e. The van der Waals surface area contributed by atoms with E-state index in [2.05, 4.69) is 15.3 Å². The third-order valence-corrected chi connectivity index (χ3v) is 4.97. The molecule has 25 heavy (non-hydrogen) atoms. The van der Waals surface area contributed by atoms with Gasteiger partial charge in [-0.15, -0.1) is 0 Å². The molecule has 0 aliphatic carbocycles. The number of nitro benzene ring substituents is 1. The number of nitro groups is 1. The van der Waals surface area contributed by atoms with E-state index in [0.29, 0.717) is 5.16 Å². The van der Waals surface area contributed by atoms with Crippen LogP contribution in [-0.4, -0.2) is 26.0 Å². The number of aromatic nitrogens is 2. The van der Waals surface area contributed by atoms with Crippen LogP contribution in [0.5, 0.6) is 0 Å². The van der Waals surface area contributed by atoms with E-state index < -0.39 is 10.2 Å². The number of carbonyl (C=O) groups is 1. The maximum Gasteiger partial charge on any atom is 0.271 e. The molecule has 0 spiro atoms. The lowest BCUT2D eigenvalue weighted by molar-refractivity contribution is -0.384. The molecule has 1 aromatic carbocycles. The number of halogens is 1. The summed E-state index contributed by atoms with van der Waals surface area (Å²) in [4.78, 5) is 31.4. The Bertz CT molecular complexity index is 821. The Kier molecular flexibility index (Phi) is 5.97. The van der Waals surface area contributed by atoms with Gasteiger partial charge in [0, 0.05) is 23.5 Å². The number of hydrogen-bond acceptors (Lipinski definition) is 6. The fraction of sp³-hybridized carbons (Fsp3) is 0.312. The predicted molar refractivity (Wildman–Crippen MR) is 98.3 cm³/mol. The smallest absolute Gasteiger partial charge is 0.271 e. The summed E-state index contributed by atoms with van der Waals surface area (Å²) in [5.41, 5.74) is 2.80. The number of aryl methyl sites for hydroxylation is 2. The Hall–Kier alpha value is -2.19. The topological polar surface area (TPSA) is 98.0 Å². The maximum atomic E-state index is 12.4. The summed E-state index contributed by atoms with van der Waals surface area (Å²) in [6, 6.07) is 3.89. The number of non-ortho nitro benzene ring substituents is 1. The fourth-order valence-corrected chi connectivity index (χ4v) is 2.99. The highest BCUT2D eigenvalue weighted by Gasteiger charge is 2.19. The summed E-state index contributed by atoms with van der Waals surface area (Å²) in [6.45, 7) is 7.43. The number of carbonyl (C=O) groups excluding carboxylic acids is 1. The van der Waals surface area contributed by atoms with Gasteiger partial charge in [0.25, 0.3) is 5.69 Å². The first kappa shape index (κ1) is 19.1. The van der Waals surface area contributed by atoms with Crippen LogP contribution in [0.15, 0.2) is 23.4 Å². The van der Waals surface area contributed by atoms with Crippen molar-refractivity contribution in [1.82, 2.24) is 9.97 Å². The zero-order valence-electron chi connectivity index (χ0n) is 14.2. The number of hydrogen-bond donors (Lipinski definition) is 1. The lowest BCUT2D eigenvalue weighted by Gasteiger charge is -2.13. The van der Waals surface area contributed by atoms with E-state index in [-0.39, 0.29) is 22.3 Å². The number of nitrogens with one attached hydrogen (secondary N) is 1. The monoisotopic (exact) mass is 380 g/mol. The van der Waals surface area contributed by atoms with Crippen molar-refractivity contribution in [3.63, 3.8) is 0 Å². The minimum atomic E-state index is -0.546. The molecular formula is C16H17ClN4O3S. The minimum absolute atomic E-state index is 0.145. The van der Waals surface area contributed by atoms with Crippen LogP contribution in [0.1, 0.15) is 23.9 Å². The summed E-state index contributed by atoms with van der Waals surface area (Å²) in [7, 11) is 0. The van der Waals surface area contributed by atoms with E-state index in [1.165, 1.54) is 30.0 Å². The molecule has 7 nitrogen and oxygen atoms in total. The van der Waals surface area contributed by atoms with E-state index in [9.17, 15) is 14.9 Å². The van der Waals surface area contributed by atoms with Crippen LogP contribution in [0.25, 0.3) is 0 Å². The summed E-state index contributed by atoms with van der Waals surface area (Å²) < 4.78 is 0. The molecule has 0 bridgehead atoms. The van der Waals surface area contributed by atoms with Crippen LogP contribution in [0.4, 0.5) is 11.4 Å². The van der Waals surface area contributed by atoms with Gasteiger partial charge in [-0.3, -0.25) is 14.9 Å². The summed E-state index contributed by atoms with van der Waals surface area (Å²) in [5, 5.41) is 13.7. The van der Waals surface area contributed by atoms with Gasteiger partial charge in [-0.1, -0.05) is 23.4 Å². The molecule has 1 atom stereocenters. The second kappa shape index (κ2) is 7.79. The molecule has 132 valence electrons. The highest BCUT2D eigenvalue weighted by molar-refractivity contribution is 8.00. The van der Waals surface area contributed by atoms with Crippen LogP contribution in [0, 0.1) is 30.9 Å². The number of thioether (sulfide) groups is 1. The minimum Gasteiger partial charge on any atom is -0.324 e. The first-order valence-corrected chi connectivity index (χ1v) is 8.68. The number of rotatable bonds is 5. The van der Waals surface area contributed by atoms with Gasteiger partial charge in [-0.2, -0.15) is 0 Å². The Morgan fingerprint density at radius 2 is 1.88 bits per heavy atom. The highest BCUT2D eigenvalue weighted by atomic mass is 35.5. The molecule has 0 saturated heterocycles. The highest BCUT2D eigenvalue weighted by Crippen LogP contribution is 2.28. The lowest BCUT2D eigenvalue weighted by Crippen LogP contribution is -2.23. The van der Waals surface area contributed by atoms with Crippen LogP contribution in [-0.2, 0) is 4.79 Å². The van der Waals surface area contributed by atoms with Gasteiger partial charge in [0.1, 0.15) is 0 Å². The van der Waals surface area contributed by atoms with Crippen molar-refractivity contribution in [2.45, 2.75) is 38.1 Å². The second-order valence-corrected chi connectivity index (χ2v) is 7.19. The molecule has 9 heteroatoms. The number of benzene rings is 1. The van der Waals surface area contributed by atoms with Crippen molar-refractivity contribution in [2.75, 3.05) is 5.32 Å². The van der Waals surface area contributed by atoms with Gasteiger partial charge in [-0.05, 0) is 39.3 Å². The Morgan fingerprint density at radius 1 is 1.28 bits per heavy atom. The van der Waals surface area contributed by atoms with Gasteiger partial charge in [0.05, 0.1) is 20.9 Å². The normalized spacial score (nSPS) is 11.9. The van der Waals surface area contributed by atoms with Crippen LogP contribution < -0.4 is 5.32 Å². The van der Waals surface area contributed by atoms with Crippen LogP contribution in [0.3, 0.4) is 0 Å². The molecule has 1 N–H and O–H groups in total. The molecule has 0 fully saturated rings. The SMILES string of the molecule is Cc1nc(S[C@H](C)C(=O)Nc2cc([N+](=O)[O-])ccc2Cl)nc(C)c1C. The van der Waals surface area contributed by atoms with Crippen molar-refractivity contribution in [2.24, 2.45) is 0 Å². The number of amides is 1. The maximum absolute atomic E-state index is 12.4. The van der Waals surface area contributed by atoms with Gasteiger partial charge in [0.2, 0.25) is 5.91 Å². The zero-order chi connectivity index (χ0) is 18.7. The molecule has 0 aliphatic heterocycles. The summed E-state index contributed by atoms with van der Waals surface area (Å²) >= 11 is 7.21. The molecule has 1 heterocycles. The van der Waals surface area contributed by atoms with Crippen molar-refractivity contribution in [3.8, 4) is 0 Å². The van der Waals surface area contributed by atoms with E-state index >= 15 is 0 Å². The lowest BCUT2D eigenvalue weighted by atomic mass is 10.2. The Labute approximate surface area is 154 Å². The molecule has 1 amide bonds. The average Bonchev–Trinajstić information content (AvgIpc) is 2.54. The summed E-state index contributed by atoms with van der Waals surface area (Å²) in [6.07, 6.45) is 0. The van der Waals surface area contributed by atoms with Crippen molar-refractivity contribution < 1.29 is 9.72 Å². The fourth-order valence-electron chi connectivity index (χ4n) is 1.96. The molecular weight excluding hydrogens is 364 g/mol. The second-order valence-electron chi connectivity index (χ2n) is 5.47. The van der Waals surface area contributed by atoms with E-state index in [1.54, 1.807) is 6.92 Å². The van der Waals surface area contributed by atoms with Gasteiger partial charge >= 0.3 is 0 Å². The van der Waals surface area contributed by atoms with E-state index in [1.807, 2.05) is 20.8 Å². The van der Waals surface area contributed by atoms with E-state index in [0.717, 1.165) is 17.0 Å². The first-order chi connectivity index (χ1) is 11.7. The molecule has 2 rings (SSSR count). The molecule has 2 aromatic rings. The van der Waals surface area contributed by atoms with Crippen LogP contribution >= 0.6 is 23.4 Å². The third-order valence-electron chi connectivity index (χ3n) is 3.68. The Morgan fingerprint density at radius 3 is 2.44 bits per heavy atom. The predicted octanol–water partition coefficient (Wildman–Crippen LogP) is 4.08. The van der Waals surface area contributed by atoms with Gasteiger partial charge in [0.15, 0.2) is 5.16 Å². The van der Waals surface area contributed by atoms with Crippen molar-refractivity contribution in [3.05, 3.63) is 50.3 Å². The third kappa shape index (κ3) is 4.67. The van der Waals surface area contributed by atoms with Gasteiger partial charge < -0.3 is 5.32 Å². The Balaban J connectivity index is 2.13. The van der Waals surface area contributed by atoms with Crippen molar-refractivity contribution in [1.29, 1.82) is 0 Å². The van der Waals surface area contributed by atoms with Gasteiger partial charge in [-0.25, -0.2) is 9.97 Å². The van der Waals surface area contributed by atoms with Crippen molar-refractivity contribution >= 4 is 40.6 Å². The number of nitrogens with zero attached hydrogens (tertiary/aromatic N) is 3. The average molecular weight is 381 g/mol. The molecule has 0 unspecified atom stereocenters. The standard InChI is InChI=1S/C16H17ClN4O3S/c1-8-9(2)18-16(19-10(8)3)25-11(4)15(22)20-14-7-12(21(23)24)5-6-13(14)17/h5-7,11H,1-4H3,(H,20,22)/t11-/m1/s1. The first-order valence-electron chi connectivity index (χ1n) is 7.42. The molecule has 0 saturated carbocycles. The van der Waals surface area contributed by atoms with Crippen LogP contribution in [0.2, 0.25) is 5.02 Å². The molecule has 0 aliphatic rings. The summed E-state index contributed by atoms with van der Waals surface area (Å²) in [5.74, 6) is -0.341. The molecule has 1 aromatic heterocycles. The molecule has 0 radical (unpaired) electrons. The zero-order valence-corrected chi connectivity index (χ0v) is 15.7. The quantitative estimate of drug-likeness (QED) is 0.363.